The highest BCUT2D eigenvalue weighted by Gasteiger charge is 2.60. The van der Waals surface area contributed by atoms with Gasteiger partial charge in [0, 0.05) is 10.4 Å². The van der Waals surface area contributed by atoms with Crippen LogP contribution in [0.15, 0.2) is 42.5 Å². The first kappa shape index (κ1) is 12.3. The number of halogens is 1. The molecule has 21 heavy (non-hydrogen) atoms. The van der Waals surface area contributed by atoms with Crippen molar-refractivity contribution in [3.8, 4) is 11.1 Å². The second kappa shape index (κ2) is 3.93. The zero-order valence-corrected chi connectivity index (χ0v) is 13.0. The van der Waals surface area contributed by atoms with E-state index in [1.807, 2.05) is 0 Å². The number of fused-ring (bicyclic) bond motifs is 8. The van der Waals surface area contributed by atoms with Gasteiger partial charge in [0.1, 0.15) is 0 Å². The van der Waals surface area contributed by atoms with Gasteiger partial charge in [-0.2, -0.15) is 0 Å². The third kappa shape index (κ3) is 1.29. The molecule has 0 aliphatic heterocycles. The molecule has 2 aromatic rings. The van der Waals surface area contributed by atoms with Crippen LogP contribution in [0, 0.1) is 17.8 Å². The molecular weight excluding hydrogens is 276 g/mol. The van der Waals surface area contributed by atoms with Crippen molar-refractivity contribution in [3.63, 3.8) is 0 Å². The molecule has 0 amide bonds. The van der Waals surface area contributed by atoms with Gasteiger partial charge in [0.05, 0.1) is 0 Å². The van der Waals surface area contributed by atoms with Gasteiger partial charge in [-0.15, -0.1) is 0 Å². The summed E-state index contributed by atoms with van der Waals surface area (Å²) in [6.45, 7) is 2.47. The molecule has 2 saturated carbocycles. The quantitative estimate of drug-likeness (QED) is 0.587. The van der Waals surface area contributed by atoms with E-state index in [1.54, 1.807) is 5.56 Å². The van der Waals surface area contributed by atoms with Gasteiger partial charge in [-0.25, -0.2) is 0 Å². The summed E-state index contributed by atoms with van der Waals surface area (Å²) in [5.41, 5.74) is 6.00. The van der Waals surface area contributed by atoms with E-state index in [9.17, 15) is 0 Å². The van der Waals surface area contributed by atoms with Crippen molar-refractivity contribution in [2.45, 2.75) is 31.6 Å². The first-order valence-corrected chi connectivity index (χ1v) is 8.50. The maximum atomic E-state index is 6.71. The molecule has 0 aromatic heterocycles. The predicted octanol–water partition coefficient (Wildman–Crippen LogP) is 5.67. The van der Waals surface area contributed by atoms with Crippen molar-refractivity contribution in [1.82, 2.24) is 0 Å². The molecule has 0 saturated heterocycles. The summed E-state index contributed by atoms with van der Waals surface area (Å²) >= 11 is 6.71. The molecule has 0 heterocycles. The number of hydrogen-bond donors (Lipinski definition) is 0. The fourth-order valence-electron chi connectivity index (χ4n) is 5.84. The maximum absolute atomic E-state index is 6.71. The van der Waals surface area contributed by atoms with E-state index >= 15 is 0 Å². The van der Waals surface area contributed by atoms with E-state index < -0.39 is 0 Å². The fourth-order valence-corrected chi connectivity index (χ4v) is 6.18. The summed E-state index contributed by atoms with van der Waals surface area (Å²) < 4.78 is 0. The molecule has 2 aromatic carbocycles. The predicted molar refractivity (Wildman–Crippen MR) is 87.7 cm³/mol. The molecule has 3 aliphatic carbocycles. The lowest BCUT2D eigenvalue weighted by atomic mass is 9.66. The van der Waals surface area contributed by atoms with E-state index in [0.29, 0.717) is 0 Å². The third-order valence-electron chi connectivity index (χ3n) is 6.60. The van der Waals surface area contributed by atoms with Crippen molar-refractivity contribution < 1.29 is 0 Å². The maximum Gasteiger partial charge on any atom is 0.0453 e. The highest BCUT2D eigenvalue weighted by atomic mass is 35.5. The molecule has 3 unspecified atom stereocenters. The van der Waals surface area contributed by atoms with Crippen LogP contribution in [0.25, 0.3) is 11.1 Å². The number of rotatable bonds is 0. The normalized spacial score (nSPS) is 35.2. The average Bonchev–Trinajstić information content (AvgIpc) is 3.09. The van der Waals surface area contributed by atoms with Crippen LogP contribution in [0.1, 0.15) is 37.3 Å². The number of benzene rings is 2. The molecule has 106 valence electrons. The SMILES string of the molecule is C[C@H]1C2CCC1C1(C2)c2ccccc2-c2cccc(Cl)c21. The van der Waals surface area contributed by atoms with Crippen LogP contribution in [0.4, 0.5) is 0 Å². The smallest absolute Gasteiger partial charge is 0.0453 e. The van der Waals surface area contributed by atoms with Crippen LogP contribution in [-0.2, 0) is 5.41 Å². The van der Waals surface area contributed by atoms with Crippen LogP contribution < -0.4 is 0 Å². The van der Waals surface area contributed by atoms with Crippen molar-refractivity contribution >= 4 is 11.6 Å². The molecule has 1 heteroatoms. The van der Waals surface area contributed by atoms with Crippen LogP contribution in [0.3, 0.4) is 0 Å². The monoisotopic (exact) mass is 294 g/mol. The summed E-state index contributed by atoms with van der Waals surface area (Å²) in [7, 11) is 0. The van der Waals surface area contributed by atoms with Gasteiger partial charge in [-0.3, -0.25) is 0 Å². The standard InChI is InChI=1S/C20H19Cl/c1-12-13-9-10-16(12)20(11-13)17-7-3-2-5-14(17)15-6-4-8-18(21)19(15)20/h2-8,12-13,16H,9-11H2,1H3/t12-,13?,16?,20?/m0/s1. The van der Waals surface area contributed by atoms with Crippen molar-refractivity contribution in [1.29, 1.82) is 0 Å². The average molecular weight is 295 g/mol. The second-order valence-corrected chi connectivity index (χ2v) is 7.59. The van der Waals surface area contributed by atoms with Gasteiger partial charge in [0.15, 0.2) is 0 Å². The molecule has 4 atom stereocenters. The van der Waals surface area contributed by atoms with E-state index in [0.717, 1.165) is 22.8 Å². The van der Waals surface area contributed by atoms with Crippen LogP contribution in [0.2, 0.25) is 5.02 Å². The first-order valence-electron chi connectivity index (χ1n) is 8.12. The van der Waals surface area contributed by atoms with Gasteiger partial charge in [-0.1, -0.05) is 54.9 Å². The molecule has 1 spiro atoms. The van der Waals surface area contributed by atoms with E-state index in [-0.39, 0.29) is 5.41 Å². The van der Waals surface area contributed by atoms with Gasteiger partial charge in [-0.05, 0) is 65.3 Å². The van der Waals surface area contributed by atoms with Crippen LogP contribution in [-0.4, -0.2) is 0 Å². The first-order chi connectivity index (χ1) is 10.2. The zero-order chi connectivity index (χ0) is 14.2. The Bertz CT molecular complexity index is 747. The van der Waals surface area contributed by atoms with Crippen LogP contribution in [0.5, 0.6) is 0 Å². The van der Waals surface area contributed by atoms with Gasteiger partial charge < -0.3 is 0 Å². The molecule has 0 radical (unpaired) electrons. The largest absolute Gasteiger partial charge is 0.0840 e. The molecule has 0 N–H and O–H groups in total. The van der Waals surface area contributed by atoms with Crippen molar-refractivity contribution in [2.24, 2.45) is 17.8 Å². The Balaban J connectivity index is 1.88. The summed E-state index contributed by atoms with van der Waals surface area (Å²) in [4.78, 5) is 0. The summed E-state index contributed by atoms with van der Waals surface area (Å²) in [6, 6.07) is 15.5. The molecule has 2 fully saturated rings. The topological polar surface area (TPSA) is 0 Å². The summed E-state index contributed by atoms with van der Waals surface area (Å²) in [5, 5.41) is 0.975. The van der Waals surface area contributed by atoms with E-state index in [2.05, 4.69) is 49.4 Å². The van der Waals surface area contributed by atoms with E-state index in [4.69, 9.17) is 11.6 Å². The Labute approximate surface area is 131 Å². The van der Waals surface area contributed by atoms with Gasteiger partial charge in [0.25, 0.3) is 0 Å². The lowest BCUT2D eigenvalue weighted by Crippen LogP contribution is -2.32. The summed E-state index contributed by atoms with van der Waals surface area (Å²) in [6.07, 6.45) is 4.08. The highest BCUT2D eigenvalue weighted by Crippen LogP contribution is 2.68. The van der Waals surface area contributed by atoms with Gasteiger partial charge in [0.2, 0.25) is 0 Å². The Morgan fingerprint density at radius 1 is 1.00 bits per heavy atom. The second-order valence-electron chi connectivity index (χ2n) is 7.19. The molecule has 3 aliphatic rings. The Morgan fingerprint density at radius 3 is 2.57 bits per heavy atom. The third-order valence-corrected chi connectivity index (χ3v) is 6.92. The van der Waals surface area contributed by atoms with Gasteiger partial charge >= 0.3 is 0 Å². The molecular formula is C20H19Cl. The minimum atomic E-state index is 0.201. The summed E-state index contributed by atoms with van der Waals surface area (Å²) in [5.74, 6) is 2.48. The minimum Gasteiger partial charge on any atom is -0.0840 e. The zero-order valence-electron chi connectivity index (χ0n) is 12.3. The molecule has 5 rings (SSSR count). The Hall–Kier alpha value is -1.27. The van der Waals surface area contributed by atoms with Crippen molar-refractivity contribution in [2.75, 3.05) is 0 Å². The lowest BCUT2D eigenvalue weighted by molar-refractivity contribution is 0.316. The number of hydrogen-bond acceptors (Lipinski definition) is 0. The molecule has 0 nitrogen and oxygen atoms in total. The molecule has 2 bridgehead atoms. The minimum absolute atomic E-state index is 0.201. The Kier molecular flexibility index (Phi) is 2.30. The Morgan fingerprint density at radius 2 is 1.81 bits per heavy atom. The van der Waals surface area contributed by atoms with Crippen LogP contribution >= 0.6 is 11.6 Å². The van der Waals surface area contributed by atoms with E-state index in [1.165, 1.54) is 36.0 Å². The highest BCUT2D eigenvalue weighted by molar-refractivity contribution is 6.32. The fraction of sp³-hybridized carbons (Fsp3) is 0.400. The van der Waals surface area contributed by atoms with Crippen molar-refractivity contribution in [3.05, 3.63) is 58.6 Å². The lowest BCUT2D eigenvalue weighted by Gasteiger charge is -2.37.